The molecule has 6 aromatic carbocycles. The number of carbonyl (C=O) groups excluding carboxylic acids is 5. The highest BCUT2D eigenvalue weighted by atomic mass is 35.5. The van der Waals surface area contributed by atoms with Crippen molar-refractivity contribution in [3.05, 3.63) is 214 Å². The number of H-pyrrole nitrogens is 3. The van der Waals surface area contributed by atoms with E-state index in [1.807, 2.05) is 125 Å². The van der Waals surface area contributed by atoms with E-state index in [4.69, 9.17) is 87.7 Å². The molecule has 0 aliphatic carbocycles. The summed E-state index contributed by atoms with van der Waals surface area (Å²) >= 11 is 29.1. The molecule has 21 nitrogen and oxygen atoms in total. The number of thiophene rings is 4. The number of hydrogen-bond acceptors (Lipinski definition) is 20. The molecule has 3 aliphatic heterocycles. The Morgan fingerprint density at radius 3 is 1.36 bits per heavy atom. The van der Waals surface area contributed by atoms with E-state index in [2.05, 4.69) is 36.0 Å². The van der Waals surface area contributed by atoms with Gasteiger partial charge in [-0.15, -0.1) is 45.3 Å². The Morgan fingerprint density at radius 2 is 0.954 bits per heavy atom. The molecule has 3 saturated heterocycles. The van der Waals surface area contributed by atoms with E-state index >= 15 is 0 Å². The van der Waals surface area contributed by atoms with Crippen molar-refractivity contribution in [2.24, 2.45) is 0 Å². The lowest BCUT2D eigenvalue weighted by atomic mass is 10.1. The zero-order valence-electron chi connectivity index (χ0n) is 58.3. The third kappa shape index (κ3) is 23.7. The lowest BCUT2D eigenvalue weighted by Gasteiger charge is -2.26. The number of amides is 2. The molecule has 0 spiro atoms. The average Bonchev–Trinajstić information content (AvgIpc) is 1.67. The topological polar surface area (TPSA) is 313 Å². The molecule has 10 N–H and O–H groups in total. The maximum Gasteiger partial charge on any atom is 0.338 e. The summed E-state index contributed by atoms with van der Waals surface area (Å²) in [6.45, 7) is 8.36. The van der Waals surface area contributed by atoms with Crippen molar-refractivity contribution < 1.29 is 48.0 Å². The summed E-state index contributed by atoms with van der Waals surface area (Å²) in [5, 5.41) is 9.07. The molecule has 3 fully saturated rings. The number of aromatic amines is 3. The number of piperidine rings is 2. The molecule has 564 valence electrons. The van der Waals surface area contributed by atoms with Crippen LogP contribution in [0.3, 0.4) is 0 Å². The van der Waals surface area contributed by atoms with E-state index in [0.29, 0.717) is 68.7 Å². The second-order valence-corrected chi connectivity index (χ2v) is 30.8. The number of nitrogens with one attached hydrogen (secondary N) is 3. The standard InChI is InChI=1S/C23H20ClN3O2S.C14H11ClN2O2S.C12H9ClN2OS.C11H14N2O.C9H12N2O2.C5H3ClOS.C4H8O.CH4/c24-21-11-10-20(30-21)23-25-18-9-4-15(13-19(18)26-23)14-29-17-7-5-16(6-8-17)27-12-2-1-3-22(27)28;1-2-19-14(18)8-3-4-9-10(7-8)17-13(16-9)11-5-6-12(15)20-11;13-11-4-3-10(17-11)12-14-8-2-1-7(6-16)5-9(8)15-12;12-9-4-6-10(7-5-9)13-8-2-1-3-11(13)14;1-2-13-9(12)6-3-4-7(10)8(11)5-6;6-5-2-1-4(3-7)8-5;1-2-4-5-3-1;/h4-11,13H,1-3,12,14H2,(H,25,26);3-7H,2H2,1H3,(H,16,17);1-5,16H,6H2,(H,14,15);4-7H,1-3,8,12H2;3-5H,2,10-11H2,1H3;1-3H;1-4H2;1H4. The van der Waals surface area contributed by atoms with Crippen molar-refractivity contribution >= 4 is 183 Å². The second kappa shape index (κ2) is 41.1. The molecule has 2 amide bonds. The summed E-state index contributed by atoms with van der Waals surface area (Å²) in [6.07, 6.45) is 8.80. The maximum absolute atomic E-state index is 12.1. The molecule has 10 heterocycles. The van der Waals surface area contributed by atoms with Crippen LogP contribution in [0.5, 0.6) is 5.75 Å². The van der Waals surface area contributed by atoms with Crippen molar-refractivity contribution in [1.82, 2.24) is 29.9 Å². The molecule has 0 unspecified atom stereocenters. The Morgan fingerprint density at radius 1 is 0.519 bits per heavy atom. The van der Waals surface area contributed by atoms with Gasteiger partial charge in [0.2, 0.25) is 11.8 Å². The largest absolute Gasteiger partial charge is 0.489 e. The summed E-state index contributed by atoms with van der Waals surface area (Å²) in [5.41, 5.74) is 28.3. The molecule has 16 rings (SSSR count). The SMILES string of the molecule is C.C1CCOC1.CCOC(=O)c1ccc(N)c(N)c1.CCOC(=O)c1ccc2nc(-c3ccc(Cl)s3)[nH]c2c1.Nc1ccc(N2CCCCC2=O)cc1.O=C1CCCCN1c1ccc(OCc2ccc3nc(-c4ccc(Cl)s4)[nH]c3c2)cc1.O=Cc1ccc(Cl)s1.OCc1ccc2nc(-c3ccc(Cl)s3)[nH]c2c1. The Labute approximate surface area is 660 Å². The number of hydrogen-bond donors (Lipinski definition) is 7. The number of halogens is 4. The van der Waals surface area contributed by atoms with Gasteiger partial charge in [0.05, 0.1) is 112 Å². The number of nitrogen functional groups attached to an aromatic ring is 3. The van der Waals surface area contributed by atoms with Crippen LogP contribution in [-0.4, -0.2) is 105 Å². The Balaban J connectivity index is 0.000000153. The van der Waals surface area contributed by atoms with E-state index in [9.17, 15) is 24.0 Å². The number of anilines is 5. The van der Waals surface area contributed by atoms with Gasteiger partial charge in [-0.3, -0.25) is 14.4 Å². The molecule has 0 atom stereocenters. The smallest absolute Gasteiger partial charge is 0.338 e. The van der Waals surface area contributed by atoms with Crippen LogP contribution in [-0.2, 0) is 37.0 Å². The quantitative estimate of drug-likeness (QED) is 0.0302. The van der Waals surface area contributed by atoms with Gasteiger partial charge in [-0.25, -0.2) is 24.5 Å². The lowest BCUT2D eigenvalue weighted by Crippen LogP contribution is -2.35. The number of esters is 2. The molecular weight excluding hydrogens is 1530 g/mol. The van der Waals surface area contributed by atoms with E-state index in [0.717, 1.165) is 166 Å². The molecule has 0 bridgehead atoms. The minimum Gasteiger partial charge on any atom is -0.489 e. The highest BCUT2D eigenvalue weighted by Gasteiger charge is 2.21. The van der Waals surface area contributed by atoms with Crippen LogP contribution in [0, 0.1) is 0 Å². The van der Waals surface area contributed by atoms with Gasteiger partial charge in [-0.2, -0.15) is 0 Å². The molecule has 0 radical (unpaired) electrons. The van der Waals surface area contributed by atoms with Gasteiger partial charge in [-0.05, 0) is 221 Å². The van der Waals surface area contributed by atoms with Gasteiger partial charge in [0.25, 0.3) is 0 Å². The van der Waals surface area contributed by atoms with Crippen LogP contribution in [0.15, 0.2) is 170 Å². The van der Waals surface area contributed by atoms with Crippen LogP contribution in [0.4, 0.5) is 28.4 Å². The molecule has 13 aromatic rings. The number of imidazole rings is 3. The molecule has 108 heavy (non-hydrogen) atoms. The van der Waals surface area contributed by atoms with Crippen molar-refractivity contribution in [3.63, 3.8) is 0 Å². The molecule has 3 aliphatic rings. The Hall–Kier alpha value is -9.64. The lowest BCUT2D eigenvalue weighted by molar-refractivity contribution is -0.120. The third-order valence-electron chi connectivity index (χ3n) is 16.2. The molecule has 0 saturated carbocycles. The zero-order valence-corrected chi connectivity index (χ0v) is 64.6. The summed E-state index contributed by atoms with van der Waals surface area (Å²) < 4.78 is 23.5. The summed E-state index contributed by atoms with van der Waals surface area (Å²) in [5.74, 6) is 2.88. The first-order valence-corrected chi connectivity index (χ1v) is 38.9. The van der Waals surface area contributed by atoms with E-state index in [-0.39, 0.29) is 37.8 Å². The third-order valence-corrected chi connectivity index (χ3v) is 21.1. The van der Waals surface area contributed by atoms with E-state index in [1.165, 1.54) is 64.3 Å². The number of benzene rings is 6. The number of ether oxygens (including phenoxy) is 4. The van der Waals surface area contributed by atoms with Crippen LogP contribution < -0.4 is 31.7 Å². The number of nitrogens with two attached hydrogens (primary N) is 3. The van der Waals surface area contributed by atoms with E-state index in [1.54, 1.807) is 56.3 Å². The van der Waals surface area contributed by atoms with Crippen LogP contribution in [0.2, 0.25) is 17.3 Å². The number of aldehydes is 1. The number of aliphatic hydroxyl groups is 1. The first kappa shape index (κ1) is 82.4. The first-order valence-electron chi connectivity index (χ1n) is 34.2. The summed E-state index contributed by atoms with van der Waals surface area (Å²) in [6, 6.07) is 51.7. The number of fused-ring (bicyclic) bond motifs is 3. The molecule has 7 aromatic heterocycles. The van der Waals surface area contributed by atoms with Crippen molar-refractivity contribution in [1.29, 1.82) is 0 Å². The zero-order chi connectivity index (χ0) is 75.8. The highest BCUT2D eigenvalue weighted by molar-refractivity contribution is 7.20. The fourth-order valence-corrected chi connectivity index (χ4v) is 14.7. The minimum absolute atomic E-state index is 0. The van der Waals surface area contributed by atoms with Crippen LogP contribution in [0.1, 0.15) is 114 Å². The van der Waals surface area contributed by atoms with Crippen LogP contribution in [0.25, 0.3) is 65.2 Å². The fraction of sp³-hybridized carbons (Fsp3) is 0.241. The van der Waals surface area contributed by atoms with E-state index < -0.39 is 0 Å². The van der Waals surface area contributed by atoms with Gasteiger partial charge in [0.15, 0.2) is 6.29 Å². The van der Waals surface area contributed by atoms with Crippen molar-refractivity contribution in [3.8, 4) is 37.9 Å². The monoisotopic (exact) mass is 1610 g/mol. The number of aromatic nitrogens is 6. The number of aliphatic hydroxyl groups excluding tert-OH is 1. The fourth-order valence-electron chi connectivity index (χ4n) is 10.8. The highest BCUT2D eigenvalue weighted by Crippen LogP contribution is 2.35. The maximum atomic E-state index is 12.1. The van der Waals surface area contributed by atoms with Gasteiger partial charge in [0.1, 0.15) is 29.8 Å². The van der Waals surface area contributed by atoms with Gasteiger partial charge in [0, 0.05) is 56.2 Å². The summed E-state index contributed by atoms with van der Waals surface area (Å²) in [7, 11) is 0. The van der Waals surface area contributed by atoms with Gasteiger partial charge in [-0.1, -0.05) is 66.0 Å². The second-order valence-electron chi connectivity index (χ2n) is 23.9. The van der Waals surface area contributed by atoms with Crippen LogP contribution >= 0.6 is 91.8 Å². The van der Waals surface area contributed by atoms with Crippen molar-refractivity contribution in [2.75, 3.05) is 66.5 Å². The first-order chi connectivity index (χ1) is 51.8. The predicted octanol–water partition coefficient (Wildman–Crippen LogP) is 20.1. The predicted molar refractivity (Wildman–Crippen MR) is 442 cm³/mol. The number of rotatable bonds is 14. The number of nitrogens with zero attached hydrogens (tertiary/aromatic N) is 5. The van der Waals surface area contributed by atoms with Gasteiger partial charge < -0.3 is 66.0 Å². The average molecular weight is 1610 g/mol. The number of carbonyl (C=O) groups is 5. The van der Waals surface area contributed by atoms with Gasteiger partial charge >= 0.3 is 11.9 Å². The normalized spacial score (nSPS) is 13.0. The Kier molecular flexibility index (Phi) is 31.3. The molecule has 29 heteroatoms. The minimum atomic E-state index is -0.380. The van der Waals surface area contributed by atoms with Crippen molar-refractivity contribution in [2.45, 2.75) is 85.9 Å². The molecular formula is C79H81Cl4N11O10S4. The Bertz CT molecular complexity index is 5100. The summed E-state index contributed by atoms with van der Waals surface area (Å²) in [4.78, 5) is 87.3.